The number of carbonyl (C=O) groups is 1. The molecule has 0 radical (unpaired) electrons. The fourth-order valence-electron chi connectivity index (χ4n) is 4.81. The van der Waals surface area contributed by atoms with Gasteiger partial charge < -0.3 is 19.5 Å². The summed E-state index contributed by atoms with van der Waals surface area (Å²) in [7, 11) is 0. The van der Waals surface area contributed by atoms with Crippen LogP contribution in [0.4, 0.5) is 4.79 Å². The number of nitrogens with zero attached hydrogens (tertiary/aromatic N) is 2. The van der Waals surface area contributed by atoms with E-state index in [1.807, 2.05) is 29.2 Å². The molecule has 146 valence electrons. The number of para-hydroxylation sites is 1. The van der Waals surface area contributed by atoms with E-state index >= 15 is 0 Å². The summed E-state index contributed by atoms with van der Waals surface area (Å²) in [6.45, 7) is 7.65. The smallest absolute Gasteiger partial charge is 0.408 e. The normalized spacial score (nSPS) is 20.3. The zero-order valence-corrected chi connectivity index (χ0v) is 16.3. The lowest BCUT2D eigenvalue weighted by Crippen LogP contribution is -2.43. The molecule has 1 N–H and O–H groups in total. The highest BCUT2D eigenvalue weighted by atomic mass is 16.6. The van der Waals surface area contributed by atoms with Crippen molar-refractivity contribution in [2.24, 2.45) is 11.8 Å². The van der Waals surface area contributed by atoms with E-state index < -0.39 is 0 Å². The predicted molar refractivity (Wildman–Crippen MR) is 108 cm³/mol. The minimum Gasteiger partial charge on any atom is -0.408 e. The maximum atomic E-state index is 12.6. The molecular weight excluding hydrogens is 338 g/mol. The summed E-state index contributed by atoms with van der Waals surface area (Å²) in [4.78, 5) is 20.2. The number of likely N-dealkylation sites (tertiary alicyclic amines) is 2. The lowest BCUT2D eigenvalue weighted by Gasteiger charge is -2.39. The van der Waals surface area contributed by atoms with Crippen LogP contribution in [0, 0.1) is 11.8 Å². The summed E-state index contributed by atoms with van der Waals surface area (Å²) >= 11 is 0. The Morgan fingerprint density at radius 2 is 1.74 bits per heavy atom. The standard InChI is InChI=1S/C22H31N3O2/c1-2-11-24-12-7-17(8-13-24)18-9-14-25(15-10-18)22(26)27-21-16-23-20-6-4-3-5-19(20)21/h3-6,16-18,23H,2,7-15H2,1H3. The summed E-state index contributed by atoms with van der Waals surface area (Å²) in [6.07, 6.45) is 7.69. The number of amides is 1. The van der Waals surface area contributed by atoms with Crippen LogP contribution in [-0.4, -0.2) is 53.6 Å². The second kappa shape index (κ2) is 8.34. The summed E-state index contributed by atoms with van der Waals surface area (Å²) < 4.78 is 5.68. The van der Waals surface area contributed by atoms with Crippen LogP contribution in [0.2, 0.25) is 0 Å². The molecule has 2 aliphatic rings. The Hall–Kier alpha value is -2.01. The molecule has 1 amide bonds. The molecule has 3 heterocycles. The lowest BCUT2D eigenvalue weighted by molar-refractivity contribution is 0.0912. The quantitative estimate of drug-likeness (QED) is 0.863. The van der Waals surface area contributed by atoms with Gasteiger partial charge in [0.05, 0.1) is 0 Å². The molecule has 0 saturated carbocycles. The maximum absolute atomic E-state index is 12.6. The summed E-state index contributed by atoms with van der Waals surface area (Å²) in [5, 5.41) is 0.958. The number of benzene rings is 1. The van der Waals surface area contributed by atoms with Gasteiger partial charge in [-0.3, -0.25) is 0 Å². The summed E-state index contributed by atoms with van der Waals surface area (Å²) in [5.74, 6) is 2.23. The molecular formula is C22H31N3O2. The third-order valence-electron chi connectivity index (χ3n) is 6.39. The number of fused-ring (bicyclic) bond motifs is 1. The molecule has 2 fully saturated rings. The van der Waals surface area contributed by atoms with Crippen molar-refractivity contribution in [2.75, 3.05) is 32.7 Å². The summed E-state index contributed by atoms with van der Waals surface area (Å²) in [6, 6.07) is 7.91. The lowest BCUT2D eigenvalue weighted by atomic mass is 9.79. The Balaban J connectivity index is 1.27. The van der Waals surface area contributed by atoms with Crippen molar-refractivity contribution in [2.45, 2.75) is 39.0 Å². The van der Waals surface area contributed by atoms with Gasteiger partial charge in [-0.1, -0.05) is 19.1 Å². The molecule has 0 atom stereocenters. The molecule has 27 heavy (non-hydrogen) atoms. The SMILES string of the molecule is CCCN1CCC(C2CCN(C(=O)Oc3c[nH]c4ccccc34)CC2)CC1. The van der Waals surface area contributed by atoms with Crippen molar-refractivity contribution in [3.63, 3.8) is 0 Å². The van der Waals surface area contributed by atoms with Crippen molar-refractivity contribution in [3.05, 3.63) is 30.5 Å². The first-order valence-corrected chi connectivity index (χ1v) is 10.5. The van der Waals surface area contributed by atoms with Crippen LogP contribution in [-0.2, 0) is 0 Å². The van der Waals surface area contributed by atoms with Crippen molar-refractivity contribution in [1.29, 1.82) is 0 Å². The van der Waals surface area contributed by atoms with Crippen molar-refractivity contribution >= 4 is 17.0 Å². The highest BCUT2D eigenvalue weighted by molar-refractivity contribution is 5.88. The first kappa shape index (κ1) is 18.4. The Morgan fingerprint density at radius 1 is 1.07 bits per heavy atom. The van der Waals surface area contributed by atoms with Gasteiger partial charge in [-0.05, 0) is 75.7 Å². The molecule has 0 unspecified atom stereocenters. The average Bonchev–Trinajstić information content (AvgIpc) is 3.12. The van der Waals surface area contributed by atoms with E-state index in [1.54, 1.807) is 6.20 Å². The Bertz CT molecular complexity index is 756. The van der Waals surface area contributed by atoms with Gasteiger partial charge in [0.15, 0.2) is 5.75 Å². The molecule has 2 aliphatic heterocycles. The second-order valence-electron chi connectivity index (χ2n) is 8.07. The van der Waals surface area contributed by atoms with Gasteiger partial charge in [-0.25, -0.2) is 4.79 Å². The number of H-pyrrole nitrogens is 1. The predicted octanol–water partition coefficient (Wildman–Crippen LogP) is 4.50. The molecule has 5 heteroatoms. The van der Waals surface area contributed by atoms with E-state index in [2.05, 4.69) is 16.8 Å². The first-order chi connectivity index (χ1) is 13.2. The van der Waals surface area contributed by atoms with E-state index in [-0.39, 0.29) is 6.09 Å². The van der Waals surface area contributed by atoms with Crippen molar-refractivity contribution in [3.8, 4) is 5.75 Å². The zero-order valence-electron chi connectivity index (χ0n) is 16.3. The summed E-state index contributed by atoms with van der Waals surface area (Å²) in [5.41, 5.74) is 0.994. The maximum Gasteiger partial charge on any atom is 0.415 e. The van der Waals surface area contributed by atoms with Gasteiger partial charge in [-0.2, -0.15) is 0 Å². The Kier molecular flexibility index (Phi) is 5.67. The monoisotopic (exact) mass is 369 g/mol. The average molecular weight is 370 g/mol. The fraction of sp³-hybridized carbons (Fsp3) is 0.591. The first-order valence-electron chi connectivity index (χ1n) is 10.5. The van der Waals surface area contributed by atoms with Crippen LogP contribution >= 0.6 is 0 Å². The number of hydrogen-bond donors (Lipinski definition) is 1. The minimum atomic E-state index is -0.212. The fourth-order valence-corrected chi connectivity index (χ4v) is 4.81. The van der Waals surface area contributed by atoms with Crippen LogP contribution < -0.4 is 4.74 Å². The second-order valence-corrected chi connectivity index (χ2v) is 8.07. The van der Waals surface area contributed by atoms with Crippen molar-refractivity contribution in [1.82, 2.24) is 14.8 Å². The molecule has 4 rings (SSSR count). The largest absolute Gasteiger partial charge is 0.415 e. The van der Waals surface area contributed by atoms with E-state index in [4.69, 9.17) is 4.74 Å². The molecule has 2 saturated heterocycles. The molecule has 1 aromatic heterocycles. The highest BCUT2D eigenvalue weighted by Crippen LogP contribution is 2.33. The molecule has 0 aliphatic carbocycles. The van der Waals surface area contributed by atoms with Crippen LogP contribution in [0.15, 0.2) is 30.5 Å². The Labute approximate surface area is 161 Å². The number of piperidine rings is 2. The molecule has 5 nitrogen and oxygen atoms in total. The number of rotatable bonds is 4. The van der Waals surface area contributed by atoms with E-state index in [0.717, 1.165) is 48.7 Å². The molecule has 1 aromatic carbocycles. The number of carbonyl (C=O) groups excluding carboxylic acids is 1. The molecule has 0 bridgehead atoms. The Morgan fingerprint density at radius 3 is 2.44 bits per heavy atom. The van der Waals surface area contributed by atoms with E-state index in [9.17, 15) is 4.79 Å². The van der Waals surface area contributed by atoms with E-state index in [1.165, 1.54) is 38.9 Å². The van der Waals surface area contributed by atoms with Crippen LogP contribution in [0.25, 0.3) is 10.9 Å². The number of aromatic amines is 1. The molecule has 0 spiro atoms. The molecule has 2 aromatic rings. The minimum absolute atomic E-state index is 0.212. The third-order valence-corrected chi connectivity index (χ3v) is 6.39. The van der Waals surface area contributed by atoms with Crippen LogP contribution in [0.1, 0.15) is 39.0 Å². The number of hydrogen-bond acceptors (Lipinski definition) is 3. The van der Waals surface area contributed by atoms with E-state index in [0.29, 0.717) is 5.75 Å². The van der Waals surface area contributed by atoms with Crippen molar-refractivity contribution < 1.29 is 9.53 Å². The van der Waals surface area contributed by atoms with Gasteiger partial charge in [0.1, 0.15) is 0 Å². The van der Waals surface area contributed by atoms with Gasteiger partial charge in [0.25, 0.3) is 0 Å². The highest BCUT2D eigenvalue weighted by Gasteiger charge is 2.31. The van der Waals surface area contributed by atoms with Gasteiger partial charge >= 0.3 is 6.09 Å². The van der Waals surface area contributed by atoms with Gasteiger partial charge in [0, 0.05) is 30.2 Å². The zero-order chi connectivity index (χ0) is 18.6. The number of ether oxygens (including phenoxy) is 1. The number of nitrogens with one attached hydrogen (secondary N) is 1. The van der Waals surface area contributed by atoms with Crippen LogP contribution in [0.3, 0.4) is 0 Å². The van der Waals surface area contributed by atoms with Gasteiger partial charge in [0.2, 0.25) is 0 Å². The van der Waals surface area contributed by atoms with Gasteiger partial charge in [-0.15, -0.1) is 0 Å². The third kappa shape index (κ3) is 4.13. The topological polar surface area (TPSA) is 48.6 Å². The van der Waals surface area contributed by atoms with Crippen LogP contribution in [0.5, 0.6) is 5.75 Å². The number of aromatic nitrogens is 1.